The molecule has 3 amide bonds. The Morgan fingerprint density at radius 2 is 1.49 bits per heavy atom. The number of benzene rings is 3. The van der Waals surface area contributed by atoms with Gasteiger partial charge in [-0.25, -0.2) is 10.2 Å². The molecule has 0 atom stereocenters. The van der Waals surface area contributed by atoms with E-state index in [2.05, 4.69) is 21.2 Å². The van der Waals surface area contributed by atoms with Gasteiger partial charge in [0.25, 0.3) is 5.91 Å². The van der Waals surface area contributed by atoms with Crippen LogP contribution in [0.2, 0.25) is 5.02 Å². The zero-order chi connectivity index (χ0) is 27.6. The summed E-state index contributed by atoms with van der Waals surface area (Å²) in [6.07, 6.45) is 6.50. The number of hydrazone groups is 1. The van der Waals surface area contributed by atoms with E-state index in [-0.39, 0.29) is 33.8 Å². The molecule has 1 aliphatic rings. The van der Waals surface area contributed by atoms with Crippen molar-refractivity contribution in [2.24, 2.45) is 5.10 Å². The Bertz CT molecular complexity index is 1380. The Hall–Kier alpha value is -4.50. The highest BCUT2D eigenvalue weighted by molar-refractivity contribution is 6.40. The van der Waals surface area contributed by atoms with Crippen molar-refractivity contribution in [3.63, 3.8) is 0 Å². The fourth-order valence-electron chi connectivity index (χ4n) is 4.11. The predicted octanol–water partition coefficient (Wildman–Crippen LogP) is 4.71. The summed E-state index contributed by atoms with van der Waals surface area (Å²) in [6, 6.07) is 19.5. The van der Waals surface area contributed by atoms with Crippen LogP contribution in [0.4, 0.5) is 5.69 Å². The highest BCUT2D eigenvalue weighted by Gasteiger charge is 2.21. The molecule has 0 aliphatic heterocycles. The minimum atomic E-state index is -1.00. The molecule has 3 aromatic carbocycles. The monoisotopic (exact) mass is 546 g/mol. The summed E-state index contributed by atoms with van der Waals surface area (Å²) in [5.41, 5.74) is 3.50. The topological polar surface area (TPSA) is 126 Å². The summed E-state index contributed by atoms with van der Waals surface area (Å²) in [6.45, 7) is 0. The highest BCUT2D eigenvalue weighted by atomic mass is 35.5. The van der Waals surface area contributed by atoms with Crippen LogP contribution in [-0.2, 0) is 9.59 Å². The predicted molar refractivity (Wildman–Crippen MR) is 148 cm³/mol. The van der Waals surface area contributed by atoms with Crippen molar-refractivity contribution in [3.05, 3.63) is 94.5 Å². The molecular weight excluding hydrogens is 520 g/mol. The molecule has 0 heterocycles. The first-order chi connectivity index (χ1) is 18.9. The van der Waals surface area contributed by atoms with E-state index < -0.39 is 17.8 Å². The SMILES string of the molecule is O=C(N/N=C\c1ccc(OC(=O)c2ccccc2Cl)cc1)C(=O)Nc1ccccc1C(=O)NC1CCCCC1. The molecule has 0 unspecified atom stereocenters. The summed E-state index contributed by atoms with van der Waals surface area (Å²) < 4.78 is 5.32. The standard InChI is InChI=1S/C29H27ClN4O5/c30-24-12-6-4-10-22(24)29(38)39-21-16-14-19(15-17-21)18-31-34-28(37)27(36)33-25-13-7-5-11-23(25)26(35)32-20-8-2-1-3-9-20/h4-7,10-18,20H,1-3,8-9H2,(H,32,35)(H,33,36)(H,34,37)/b31-18-. The molecule has 0 radical (unpaired) electrons. The molecule has 3 N–H and O–H groups in total. The number of ether oxygens (including phenoxy) is 1. The first-order valence-corrected chi connectivity index (χ1v) is 12.9. The van der Waals surface area contributed by atoms with E-state index >= 15 is 0 Å². The average Bonchev–Trinajstić information content (AvgIpc) is 2.95. The largest absolute Gasteiger partial charge is 0.423 e. The summed E-state index contributed by atoms with van der Waals surface area (Å²) in [7, 11) is 0. The van der Waals surface area contributed by atoms with Gasteiger partial charge in [-0.15, -0.1) is 0 Å². The third-order valence-corrected chi connectivity index (χ3v) is 6.46. The third kappa shape index (κ3) is 7.75. The lowest BCUT2D eigenvalue weighted by atomic mass is 9.95. The Morgan fingerprint density at radius 1 is 0.821 bits per heavy atom. The fraction of sp³-hybridized carbons (Fsp3) is 0.207. The number of esters is 1. The Morgan fingerprint density at radius 3 is 2.21 bits per heavy atom. The Balaban J connectivity index is 1.29. The van der Waals surface area contributed by atoms with Gasteiger partial charge in [-0.3, -0.25) is 14.4 Å². The smallest absolute Gasteiger partial charge is 0.345 e. The number of amides is 3. The lowest BCUT2D eigenvalue weighted by Crippen LogP contribution is -2.37. The second-order valence-electron chi connectivity index (χ2n) is 8.95. The van der Waals surface area contributed by atoms with Crippen molar-refractivity contribution in [2.45, 2.75) is 38.1 Å². The quantitative estimate of drug-likeness (QED) is 0.130. The second kappa shape index (κ2) is 13.3. The fourth-order valence-corrected chi connectivity index (χ4v) is 4.32. The van der Waals surface area contributed by atoms with Crippen molar-refractivity contribution in [1.29, 1.82) is 0 Å². The number of nitrogens with one attached hydrogen (secondary N) is 3. The molecular formula is C29H27ClN4O5. The van der Waals surface area contributed by atoms with Gasteiger partial charge in [0.05, 0.1) is 28.1 Å². The van der Waals surface area contributed by atoms with Crippen LogP contribution < -0.4 is 20.8 Å². The van der Waals surface area contributed by atoms with Crippen LogP contribution >= 0.6 is 11.6 Å². The molecule has 0 spiro atoms. The van der Waals surface area contributed by atoms with E-state index in [9.17, 15) is 19.2 Å². The van der Waals surface area contributed by atoms with Crippen LogP contribution in [-0.4, -0.2) is 35.9 Å². The van der Waals surface area contributed by atoms with Gasteiger partial charge in [-0.1, -0.05) is 55.1 Å². The zero-order valence-corrected chi connectivity index (χ0v) is 21.7. The number of hydrogen-bond acceptors (Lipinski definition) is 6. The van der Waals surface area contributed by atoms with E-state index in [0.29, 0.717) is 11.3 Å². The molecule has 0 bridgehead atoms. The Kier molecular flexibility index (Phi) is 9.42. The number of carbonyl (C=O) groups is 4. The number of nitrogens with zero attached hydrogens (tertiary/aromatic N) is 1. The molecule has 1 aliphatic carbocycles. The van der Waals surface area contributed by atoms with Gasteiger partial charge >= 0.3 is 17.8 Å². The lowest BCUT2D eigenvalue weighted by molar-refractivity contribution is -0.136. The number of halogens is 1. The minimum absolute atomic E-state index is 0.108. The molecule has 10 heteroatoms. The molecule has 9 nitrogen and oxygen atoms in total. The minimum Gasteiger partial charge on any atom is -0.423 e. The first-order valence-electron chi connectivity index (χ1n) is 12.5. The van der Waals surface area contributed by atoms with Crippen molar-refractivity contribution >= 4 is 47.2 Å². The van der Waals surface area contributed by atoms with Gasteiger partial charge in [0.2, 0.25) is 0 Å². The van der Waals surface area contributed by atoms with Gasteiger partial charge < -0.3 is 15.4 Å². The van der Waals surface area contributed by atoms with Crippen LogP contribution in [0.5, 0.6) is 5.75 Å². The van der Waals surface area contributed by atoms with Crippen LogP contribution in [0.15, 0.2) is 77.9 Å². The number of carbonyl (C=O) groups excluding carboxylic acids is 4. The summed E-state index contributed by atoms with van der Waals surface area (Å²) in [5, 5.41) is 9.57. The van der Waals surface area contributed by atoms with Gasteiger partial charge in [-0.05, 0) is 66.9 Å². The van der Waals surface area contributed by atoms with Gasteiger partial charge in [0.1, 0.15) is 5.75 Å². The Labute approximate surface area is 230 Å². The third-order valence-electron chi connectivity index (χ3n) is 6.13. The second-order valence-corrected chi connectivity index (χ2v) is 9.35. The van der Waals surface area contributed by atoms with Gasteiger partial charge in [-0.2, -0.15) is 5.10 Å². The van der Waals surface area contributed by atoms with Crippen LogP contribution in [0.1, 0.15) is 58.4 Å². The molecule has 4 rings (SSSR count). The number of para-hydroxylation sites is 1. The molecule has 200 valence electrons. The van der Waals surface area contributed by atoms with E-state index in [1.165, 1.54) is 12.6 Å². The maximum atomic E-state index is 12.8. The average molecular weight is 547 g/mol. The number of rotatable bonds is 7. The van der Waals surface area contributed by atoms with E-state index in [0.717, 1.165) is 25.7 Å². The van der Waals surface area contributed by atoms with Crippen LogP contribution in [0, 0.1) is 0 Å². The molecule has 3 aromatic rings. The molecule has 1 saturated carbocycles. The van der Waals surface area contributed by atoms with E-state index in [1.54, 1.807) is 72.8 Å². The van der Waals surface area contributed by atoms with Gasteiger partial charge in [0, 0.05) is 6.04 Å². The van der Waals surface area contributed by atoms with Gasteiger partial charge in [0.15, 0.2) is 0 Å². The first kappa shape index (κ1) is 27.5. The molecule has 0 saturated heterocycles. The molecule has 0 aromatic heterocycles. The molecule has 1 fully saturated rings. The van der Waals surface area contributed by atoms with Crippen LogP contribution in [0.25, 0.3) is 0 Å². The van der Waals surface area contributed by atoms with Crippen molar-refractivity contribution in [1.82, 2.24) is 10.7 Å². The lowest BCUT2D eigenvalue weighted by Gasteiger charge is -2.23. The van der Waals surface area contributed by atoms with Crippen LogP contribution in [0.3, 0.4) is 0 Å². The zero-order valence-electron chi connectivity index (χ0n) is 21.0. The van der Waals surface area contributed by atoms with E-state index in [4.69, 9.17) is 16.3 Å². The maximum absolute atomic E-state index is 12.8. The highest BCUT2D eigenvalue weighted by Crippen LogP contribution is 2.21. The van der Waals surface area contributed by atoms with Crippen molar-refractivity contribution in [3.8, 4) is 5.75 Å². The number of hydrogen-bond donors (Lipinski definition) is 3. The molecule has 39 heavy (non-hydrogen) atoms. The number of anilines is 1. The summed E-state index contributed by atoms with van der Waals surface area (Å²) in [5.74, 6) is -2.55. The van der Waals surface area contributed by atoms with Crippen molar-refractivity contribution < 1.29 is 23.9 Å². The van der Waals surface area contributed by atoms with E-state index in [1.807, 2.05) is 0 Å². The summed E-state index contributed by atoms with van der Waals surface area (Å²) in [4.78, 5) is 49.7. The maximum Gasteiger partial charge on any atom is 0.345 e. The van der Waals surface area contributed by atoms with Crippen molar-refractivity contribution in [2.75, 3.05) is 5.32 Å². The summed E-state index contributed by atoms with van der Waals surface area (Å²) >= 11 is 6.02. The normalized spacial score (nSPS) is 13.5.